The van der Waals surface area contributed by atoms with Crippen LogP contribution in [0.15, 0.2) is 28.3 Å². The molecule has 0 bridgehead atoms. The van der Waals surface area contributed by atoms with Gasteiger partial charge in [0, 0.05) is 32.4 Å². The molecule has 27 heavy (non-hydrogen) atoms. The molecule has 1 atom stereocenters. The molecule has 0 aromatic carbocycles. The molecule has 8 heteroatoms. The molecule has 0 spiro atoms. The first-order valence-electron chi connectivity index (χ1n) is 9.79. The third kappa shape index (κ3) is 4.84. The Kier molecular flexibility index (Phi) is 6.81. The highest BCUT2D eigenvalue weighted by molar-refractivity contribution is 8.00. The number of hydrogen-bond acceptors (Lipinski definition) is 5. The number of sulfonamides is 1. The van der Waals surface area contributed by atoms with Crippen molar-refractivity contribution in [1.82, 2.24) is 14.2 Å². The van der Waals surface area contributed by atoms with E-state index in [1.54, 1.807) is 12.1 Å². The van der Waals surface area contributed by atoms with E-state index in [9.17, 15) is 13.2 Å². The van der Waals surface area contributed by atoms with Crippen molar-refractivity contribution in [2.75, 3.05) is 20.1 Å². The molecule has 150 valence electrons. The largest absolute Gasteiger partial charge is 0.342 e. The van der Waals surface area contributed by atoms with Gasteiger partial charge in [-0.15, -0.1) is 0 Å². The molecule has 0 N–H and O–H groups in total. The van der Waals surface area contributed by atoms with Crippen LogP contribution < -0.4 is 0 Å². The Balaban J connectivity index is 1.61. The van der Waals surface area contributed by atoms with E-state index in [-0.39, 0.29) is 16.1 Å². The molecule has 0 radical (unpaired) electrons. The van der Waals surface area contributed by atoms with Crippen molar-refractivity contribution >= 4 is 27.7 Å². The van der Waals surface area contributed by atoms with Crippen LogP contribution in [0, 0.1) is 0 Å². The van der Waals surface area contributed by atoms with Crippen LogP contribution >= 0.6 is 11.8 Å². The highest BCUT2D eigenvalue weighted by Crippen LogP contribution is 2.28. The van der Waals surface area contributed by atoms with Crippen molar-refractivity contribution in [2.24, 2.45) is 0 Å². The number of carbonyl (C=O) groups is 1. The van der Waals surface area contributed by atoms with Crippen molar-refractivity contribution in [2.45, 2.75) is 73.1 Å². The van der Waals surface area contributed by atoms with Crippen molar-refractivity contribution < 1.29 is 13.2 Å². The van der Waals surface area contributed by atoms with Gasteiger partial charge in [-0.05, 0) is 44.7 Å². The zero-order valence-corrected chi connectivity index (χ0v) is 17.8. The number of nitrogens with zero attached hydrogens (tertiary/aromatic N) is 3. The topological polar surface area (TPSA) is 70.6 Å². The summed E-state index contributed by atoms with van der Waals surface area (Å²) < 4.78 is 26.6. The molecule has 1 aliphatic carbocycles. The smallest absolute Gasteiger partial charge is 0.244 e. The predicted octanol–water partition coefficient (Wildman–Crippen LogP) is 3.14. The molecule has 1 saturated heterocycles. The number of amides is 1. The number of aromatic nitrogens is 1. The maximum absolute atomic E-state index is 12.7. The molecule has 1 saturated carbocycles. The SMILES string of the molecule is C[C@@H](Sc1ccc(S(=O)(=O)N2CCCC2)cn1)C(=O)N(C)C1CCCCC1. The lowest BCUT2D eigenvalue weighted by Crippen LogP contribution is -2.42. The first-order valence-corrected chi connectivity index (χ1v) is 12.1. The normalized spacial score (nSPS) is 20.5. The Morgan fingerprint density at radius 3 is 2.44 bits per heavy atom. The average Bonchev–Trinajstić information content (AvgIpc) is 3.23. The minimum atomic E-state index is -3.44. The Bertz CT molecular complexity index is 740. The highest BCUT2D eigenvalue weighted by Gasteiger charge is 2.28. The summed E-state index contributed by atoms with van der Waals surface area (Å²) in [5.41, 5.74) is 0. The van der Waals surface area contributed by atoms with Crippen molar-refractivity contribution in [3.63, 3.8) is 0 Å². The van der Waals surface area contributed by atoms with E-state index in [1.165, 1.54) is 41.5 Å². The van der Waals surface area contributed by atoms with Crippen LogP contribution in [0.3, 0.4) is 0 Å². The second-order valence-electron chi connectivity index (χ2n) is 7.44. The molecule has 3 rings (SSSR count). The third-order valence-electron chi connectivity index (χ3n) is 5.53. The number of thioether (sulfide) groups is 1. The molecule has 0 unspecified atom stereocenters. The molecular formula is C19H29N3O3S2. The second kappa shape index (κ2) is 8.92. The molecule has 1 aliphatic heterocycles. The van der Waals surface area contributed by atoms with Gasteiger partial charge in [-0.1, -0.05) is 31.0 Å². The van der Waals surface area contributed by atoms with E-state index < -0.39 is 10.0 Å². The maximum Gasteiger partial charge on any atom is 0.244 e. The maximum atomic E-state index is 12.7. The van der Waals surface area contributed by atoms with Crippen LogP contribution in [0.5, 0.6) is 0 Å². The fourth-order valence-electron chi connectivity index (χ4n) is 3.83. The molecule has 6 nitrogen and oxygen atoms in total. The number of rotatable bonds is 6. The van der Waals surface area contributed by atoms with Gasteiger partial charge in [0.05, 0.1) is 10.3 Å². The zero-order chi connectivity index (χ0) is 19.4. The van der Waals surface area contributed by atoms with Crippen LogP contribution in [0.4, 0.5) is 0 Å². The summed E-state index contributed by atoms with van der Waals surface area (Å²) in [6, 6.07) is 3.65. The molecule has 2 heterocycles. The Hall–Kier alpha value is -1.12. The van der Waals surface area contributed by atoms with Crippen LogP contribution in [0.25, 0.3) is 0 Å². The van der Waals surface area contributed by atoms with Gasteiger partial charge < -0.3 is 4.90 Å². The number of hydrogen-bond donors (Lipinski definition) is 0. The molecule has 1 aromatic heterocycles. The summed E-state index contributed by atoms with van der Waals surface area (Å²) in [6.07, 6.45) is 9.06. The quantitative estimate of drug-likeness (QED) is 0.673. The van der Waals surface area contributed by atoms with Gasteiger partial charge in [-0.25, -0.2) is 13.4 Å². The summed E-state index contributed by atoms with van der Waals surface area (Å²) in [4.78, 5) is 19.1. The predicted molar refractivity (Wildman–Crippen MR) is 107 cm³/mol. The van der Waals surface area contributed by atoms with E-state index >= 15 is 0 Å². The first kappa shape index (κ1) is 20.6. The molecular weight excluding hydrogens is 382 g/mol. The molecule has 1 aromatic rings. The Labute approximate surface area is 166 Å². The zero-order valence-electron chi connectivity index (χ0n) is 16.1. The lowest BCUT2D eigenvalue weighted by Gasteiger charge is -2.32. The third-order valence-corrected chi connectivity index (χ3v) is 8.45. The lowest BCUT2D eigenvalue weighted by atomic mass is 9.94. The summed E-state index contributed by atoms with van der Waals surface area (Å²) in [6.45, 7) is 3.05. The second-order valence-corrected chi connectivity index (χ2v) is 10.7. The van der Waals surface area contributed by atoms with Gasteiger partial charge in [-0.2, -0.15) is 4.31 Å². The minimum Gasteiger partial charge on any atom is -0.342 e. The fraction of sp³-hybridized carbons (Fsp3) is 0.684. The Morgan fingerprint density at radius 1 is 1.19 bits per heavy atom. The van der Waals surface area contributed by atoms with E-state index in [1.807, 2.05) is 18.9 Å². The first-order chi connectivity index (χ1) is 12.9. The van der Waals surface area contributed by atoms with Crippen LogP contribution in [-0.4, -0.2) is 59.9 Å². The van der Waals surface area contributed by atoms with Crippen LogP contribution in [-0.2, 0) is 14.8 Å². The van der Waals surface area contributed by atoms with Crippen molar-refractivity contribution in [1.29, 1.82) is 0 Å². The van der Waals surface area contributed by atoms with Gasteiger partial charge in [0.2, 0.25) is 15.9 Å². The number of carbonyl (C=O) groups excluding carboxylic acids is 1. The summed E-state index contributed by atoms with van der Waals surface area (Å²) in [5, 5.41) is 0.429. The van der Waals surface area contributed by atoms with Crippen molar-refractivity contribution in [3.8, 4) is 0 Å². The fourth-order valence-corrected chi connectivity index (χ4v) is 6.19. The van der Waals surface area contributed by atoms with Crippen LogP contribution in [0.1, 0.15) is 51.9 Å². The minimum absolute atomic E-state index is 0.113. The monoisotopic (exact) mass is 411 g/mol. The Morgan fingerprint density at radius 2 is 1.85 bits per heavy atom. The van der Waals surface area contributed by atoms with E-state index in [0.717, 1.165) is 25.7 Å². The van der Waals surface area contributed by atoms with Gasteiger partial charge in [0.25, 0.3) is 0 Å². The van der Waals surface area contributed by atoms with Gasteiger partial charge in [0.1, 0.15) is 4.90 Å². The van der Waals surface area contributed by atoms with E-state index in [4.69, 9.17) is 0 Å². The van der Waals surface area contributed by atoms with Gasteiger partial charge in [-0.3, -0.25) is 4.79 Å². The van der Waals surface area contributed by atoms with E-state index in [2.05, 4.69) is 4.98 Å². The van der Waals surface area contributed by atoms with E-state index in [0.29, 0.717) is 24.2 Å². The van der Waals surface area contributed by atoms with Crippen molar-refractivity contribution in [3.05, 3.63) is 18.3 Å². The summed E-state index contributed by atoms with van der Waals surface area (Å²) in [5.74, 6) is 0.113. The lowest BCUT2D eigenvalue weighted by molar-refractivity contribution is -0.131. The molecule has 2 aliphatic rings. The summed E-state index contributed by atoms with van der Waals surface area (Å²) in [7, 11) is -1.54. The standard InChI is InChI=1S/C19H29N3O3S2/c1-15(19(23)21(2)16-8-4-3-5-9-16)26-18-11-10-17(14-20-18)27(24,25)22-12-6-7-13-22/h10-11,14-16H,3-9,12-13H2,1-2H3/t15-/m1/s1. The molecule has 2 fully saturated rings. The number of pyridine rings is 1. The van der Waals surface area contributed by atoms with Crippen LogP contribution in [0.2, 0.25) is 0 Å². The average molecular weight is 412 g/mol. The summed E-state index contributed by atoms with van der Waals surface area (Å²) >= 11 is 1.38. The van der Waals surface area contributed by atoms with Gasteiger partial charge >= 0.3 is 0 Å². The highest BCUT2D eigenvalue weighted by atomic mass is 32.2. The van der Waals surface area contributed by atoms with Gasteiger partial charge in [0.15, 0.2) is 0 Å². The molecule has 1 amide bonds.